The van der Waals surface area contributed by atoms with Gasteiger partial charge >= 0.3 is 17.9 Å². The Bertz CT molecular complexity index is 641. The van der Waals surface area contributed by atoms with E-state index in [0.717, 1.165) is 18.9 Å². The lowest BCUT2D eigenvalue weighted by atomic mass is 10.1. The molecule has 0 aromatic heterocycles. The summed E-state index contributed by atoms with van der Waals surface area (Å²) in [5.74, 6) is -5.21. The molecule has 0 rings (SSSR count). The van der Waals surface area contributed by atoms with E-state index in [1.165, 1.54) is 6.92 Å². The highest BCUT2D eigenvalue weighted by Gasteiger charge is 2.27. The smallest absolute Gasteiger partial charge is 0.322 e. The van der Waals surface area contributed by atoms with Crippen molar-refractivity contribution in [2.75, 3.05) is 19.4 Å². The third-order valence-corrected chi connectivity index (χ3v) is 4.75. The minimum atomic E-state index is -1.30. The van der Waals surface area contributed by atoms with Gasteiger partial charge in [-0.05, 0) is 13.3 Å². The molecule has 12 nitrogen and oxygen atoms in total. The molecule has 164 valence electrons. The van der Waals surface area contributed by atoms with E-state index in [0.29, 0.717) is 0 Å². The highest BCUT2D eigenvalue weighted by atomic mass is 32.2. The van der Waals surface area contributed by atoms with Gasteiger partial charge < -0.3 is 31.3 Å². The van der Waals surface area contributed by atoms with Crippen molar-refractivity contribution in [3.05, 3.63) is 0 Å². The first-order chi connectivity index (χ1) is 13.5. The fraction of sp³-hybridized carbons (Fsp3) is 0.625. The molecule has 0 fully saturated rings. The summed E-state index contributed by atoms with van der Waals surface area (Å²) in [4.78, 5) is 68.6. The second kappa shape index (κ2) is 13.5. The first-order valence-corrected chi connectivity index (χ1v) is 9.48. The number of carboxylic acids is 2. The first kappa shape index (κ1) is 26.3. The number of hydrogen-bond donors (Lipinski definition) is 5. The van der Waals surface area contributed by atoms with Gasteiger partial charge in [0.2, 0.25) is 11.8 Å². The van der Waals surface area contributed by atoms with Crippen LogP contribution in [0, 0.1) is 0 Å². The molecule has 3 unspecified atom stereocenters. The summed E-state index contributed by atoms with van der Waals surface area (Å²) >= 11 is 0.887. The molecule has 0 aliphatic rings. The fourth-order valence-electron chi connectivity index (χ4n) is 1.96. The number of nitrogens with two attached hydrogens (primary N) is 1. The second-order valence-corrected chi connectivity index (χ2v) is 7.20. The van der Waals surface area contributed by atoms with Crippen LogP contribution >= 0.6 is 11.8 Å². The molecule has 0 radical (unpaired) electrons. The predicted molar refractivity (Wildman–Crippen MR) is 101 cm³/mol. The van der Waals surface area contributed by atoms with Gasteiger partial charge in [-0.25, -0.2) is 0 Å². The van der Waals surface area contributed by atoms with Crippen molar-refractivity contribution in [1.29, 1.82) is 0 Å². The van der Waals surface area contributed by atoms with Crippen LogP contribution in [0.3, 0.4) is 0 Å². The van der Waals surface area contributed by atoms with Gasteiger partial charge in [0.15, 0.2) is 0 Å². The summed E-state index contributed by atoms with van der Waals surface area (Å²) in [6.45, 7) is 0.592. The molecule has 0 spiro atoms. The number of carbonyl (C=O) groups excluding carboxylic acids is 4. The summed E-state index contributed by atoms with van der Waals surface area (Å²) in [5, 5.41) is 20.9. The Morgan fingerprint density at radius 2 is 1.76 bits per heavy atom. The monoisotopic (exact) mass is 435 g/mol. The van der Waals surface area contributed by atoms with E-state index in [4.69, 9.17) is 15.9 Å². The van der Waals surface area contributed by atoms with Crippen molar-refractivity contribution in [1.82, 2.24) is 10.6 Å². The number of aliphatic carboxylic acids is 2. The third kappa shape index (κ3) is 11.7. The molecule has 0 heterocycles. The van der Waals surface area contributed by atoms with Crippen LogP contribution in [0.4, 0.5) is 0 Å². The van der Waals surface area contributed by atoms with E-state index >= 15 is 0 Å². The SMILES string of the molecule is COC(=O)C(CC(C)=O)SCC(NC(=O)CCC(N)C(=O)O)C(=O)NCC(=O)O. The maximum absolute atomic E-state index is 12.2. The Kier molecular flexibility index (Phi) is 12.3. The van der Waals surface area contributed by atoms with Crippen LogP contribution in [0.5, 0.6) is 0 Å². The van der Waals surface area contributed by atoms with Crippen molar-refractivity contribution in [2.45, 2.75) is 43.5 Å². The number of ketones is 1. The number of carboxylic acid groups (broad SMARTS) is 2. The number of thioether (sulfide) groups is 1. The summed E-state index contributed by atoms with van der Waals surface area (Å²) in [6.07, 6.45) is -0.607. The molecule has 0 bridgehead atoms. The Labute approximate surface area is 170 Å². The number of esters is 1. The number of Topliss-reactive ketones (excluding diaryl/α,β-unsaturated/α-hetero) is 1. The van der Waals surface area contributed by atoms with Gasteiger partial charge in [0.05, 0.1) is 7.11 Å². The van der Waals surface area contributed by atoms with Crippen LogP contribution in [0.15, 0.2) is 0 Å². The fourth-order valence-corrected chi connectivity index (χ4v) is 3.20. The minimum Gasteiger partial charge on any atom is -0.480 e. The van der Waals surface area contributed by atoms with Crippen LogP contribution in [0.1, 0.15) is 26.2 Å². The van der Waals surface area contributed by atoms with E-state index in [2.05, 4.69) is 15.4 Å². The number of methoxy groups -OCH3 is 1. The standard InChI is InChI=1S/C16H25N3O9S/c1-8(20)5-11(16(27)28-2)29-7-10(14(24)18-6-13(22)23)19-12(21)4-3-9(17)15(25)26/h9-11H,3-7,17H2,1-2H3,(H,18,24)(H,19,21)(H,22,23)(H,25,26). The molecule has 3 atom stereocenters. The van der Waals surface area contributed by atoms with Crippen LogP contribution in [0.25, 0.3) is 0 Å². The van der Waals surface area contributed by atoms with Crippen molar-refractivity contribution < 1.29 is 43.7 Å². The number of rotatable bonds is 14. The molecular weight excluding hydrogens is 410 g/mol. The summed E-state index contributed by atoms with van der Waals surface area (Å²) in [5.41, 5.74) is 5.32. The lowest BCUT2D eigenvalue weighted by molar-refractivity contribution is -0.141. The molecule has 6 N–H and O–H groups in total. The van der Waals surface area contributed by atoms with Gasteiger partial charge in [0.1, 0.15) is 29.7 Å². The molecule has 0 aromatic rings. The van der Waals surface area contributed by atoms with Gasteiger partial charge in [-0.1, -0.05) is 0 Å². The number of hydrogen-bond acceptors (Lipinski definition) is 9. The lowest BCUT2D eigenvalue weighted by Crippen LogP contribution is -2.50. The lowest BCUT2D eigenvalue weighted by Gasteiger charge is -2.20. The normalized spacial score (nSPS) is 13.5. The highest BCUT2D eigenvalue weighted by Crippen LogP contribution is 2.18. The van der Waals surface area contributed by atoms with E-state index < -0.39 is 53.6 Å². The van der Waals surface area contributed by atoms with Crippen LogP contribution in [-0.2, 0) is 33.5 Å². The topological polar surface area (TPSA) is 202 Å². The Balaban J connectivity index is 5.07. The van der Waals surface area contributed by atoms with E-state index in [1.54, 1.807) is 0 Å². The van der Waals surface area contributed by atoms with Gasteiger partial charge in [-0.15, -0.1) is 11.8 Å². The quantitative estimate of drug-likeness (QED) is 0.191. The highest BCUT2D eigenvalue weighted by molar-refractivity contribution is 8.00. The number of ether oxygens (including phenoxy) is 1. The van der Waals surface area contributed by atoms with E-state index in [-0.39, 0.29) is 30.8 Å². The average molecular weight is 435 g/mol. The molecule has 0 aliphatic carbocycles. The average Bonchev–Trinajstić information content (AvgIpc) is 2.64. The second-order valence-electron chi connectivity index (χ2n) is 5.97. The Morgan fingerprint density at radius 1 is 1.14 bits per heavy atom. The zero-order chi connectivity index (χ0) is 22.6. The summed E-state index contributed by atoms with van der Waals surface area (Å²) in [6, 6.07) is -2.49. The zero-order valence-corrected chi connectivity index (χ0v) is 16.8. The third-order valence-electron chi connectivity index (χ3n) is 3.47. The van der Waals surface area contributed by atoms with Crippen LogP contribution in [-0.4, -0.2) is 82.5 Å². The van der Waals surface area contributed by atoms with Crippen molar-refractivity contribution in [3.8, 4) is 0 Å². The molecule has 29 heavy (non-hydrogen) atoms. The van der Waals surface area contributed by atoms with Gasteiger partial charge in [-0.2, -0.15) is 0 Å². The van der Waals surface area contributed by atoms with E-state index in [1.807, 2.05) is 0 Å². The molecule has 0 saturated carbocycles. The van der Waals surface area contributed by atoms with Gasteiger partial charge in [0, 0.05) is 18.6 Å². The van der Waals surface area contributed by atoms with Gasteiger partial charge in [-0.3, -0.25) is 28.8 Å². The predicted octanol–water partition coefficient (Wildman–Crippen LogP) is -1.88. The zero-order valence-electron chi connectivity index (χ0n) is 16.0. The molecule has 13 heteroatoms. The van der Waals surface area contributed by atoms with Crippen molar-refractivity contribution >= 4 is 47.3 Å². The molecule has 0 saturated heterocycles. The first-order valence-electron chi connectivity index (χ1n) is 8.44. The molecular formula is C16H25N3O9S. The minimum absolute atomic E-state index is 0.151. The number of amides is 2. The number of carbonyl (C=O) groups is 6. The maximum atomic E-state index is 12.2. The van der Waals surface area contributed by atoms with Crippen LogP contribution in [0.2, 0.25) is 0 Å². The Morgan fingerprint density at radius 3 is 2.24 bits per heavy atom. The number of nitrogens with one attached hydrogen (secondary N) is 2. The van der Waals surface area contributed by atoms with Crippen molar-refractivity contribution in [3.63, 3.8) is 0 Å². The Hall–Kier alpha value is -2.67. The maximum Gasteiger partial charge on any atom is 0.322 e. The molecule has 0 aliphatic heterocycles. The summed E-state index contributed by atoms with van der Waals surface area (Å²) in [7, 11) is 1.14. The summed E-state index contributed by atoms with van der Waals surface area (Å²) < 4.78 is 4.61. The molecule has 0 aromatic carbocycles. The van der Waals surface area contributed by atoms with Crippen molar-refractivity contribution in [2.24, 2.45) is 5.73 Å². The largest absolute Gasteiger partial charge is 0.480 e. The van der Waals surface area contributed by atoms with Gasteiger partial charge in [0.25, 0.3) is 0 Å². The molecule has 2 amide bonds. The van der Waals surface area contributed by atoms with E-state index in [9.17, 15) is 28.8 Å². The van der Waals surface area contributed by atoms with Crippen LogP contribution < -0.4 is 16.4 Å².